The van der Waals surface area contributed by atoms with Crippen molar-refractivity contribution in [2.45, 2.75) is 24.7 Å². The van der Waals surface area contributed by atoms with Crippen molar-refractivity contribution in [1.29, 1.82) is 0 Å². The van der Waals surface area contributed by atoms with E-state index >= 15 is 0 Å². The Kier molecular flexibility index (Phi) is 2.29. The molecule has 2 bridgehead atoms. The number of rotatable bonds is 0. The van der Waals surface area contributed by atoms with Gasteiger partial charge in [-0.2, -0.15) is 0 Å². The third-order valence-corrected chi connectivity index (χ3v) is 6.14. The molecule has 0 radical (unpaired) electrons. The summed E-state index contributed by atoms with van der Waals surface area (Å²) in [6.45, 7) is 4.17. The third kappa shape index (κ3) is 1.23. The average molecular weight is 312 g/mol. The lowest BCUT2D eigenvalue weighted by Crippen LogP contribution is -2.52. The van der Waals surface area contributed by atoms with Crippen LogP contribution in [0, 0.1) is 0 Å². The van der Waals surface area contributed by atoms with Gasteiger partial charge in [0.25, 0.3) is 0 Å². The number of hydrogen-bond donors (Lipinski definition) is 0. The molecule has 0 fully saturated rings. The van der Waals surface area contributed by atoms with Crippen LogP contribution in [0.4, 0.5) is 0 Å². The van der Waals surface area contributed by atoms with Gasteiger partial charge in [-0.15, -0.1) is 0 Å². The zero-order valence-corrected chi connectivity index (χ0v) is 13.6. The molecule has 0 saturated carbocycles. The van der Waals surface area contributed by atoms with Gasteiger partial charge in [0, 0.05) is 22.0 Å². The van der Waals surface area contributed by atoms with E-state index < -0.39 is 10.8 Å². The van der Waals surface area contributed by atoms with Gasteiger partial charge in [-0.3, -0.25) is 9.59 Å². The Morgan fingerprint density at radius 2 is 0.875 bits per heavy atom. The Balaban J connectivity index is 2.04. The Morgan fingerprint density at radius 3 is 1.17 bits per heavy atom. The molecule has 2 nitrogen and oxygen atoms in total. The smallest absolute Gasteiger partial charge is 0.183 e. The third-order valence-electron chi connectivity index (χ3n) is 6.14. The van der Waals surface area contributed by atoms with E-state index in [4.69, 9.17) is 0 Å². The second-order valence-electron chi connectivity index (χ2n) is 7.15. The van der Waals surface area contributed by atoms with E-state index in [-0.39, 0.29) is 11.6 Å². The lowest BCUT2D eigenvalue weighted by Gasteiger charge is -2.54. The molecule has 4 aliphatic rings. The molecule has 0 N–H and O–H groups in total. The minimum absolute atomic E-state index is 0.0395. The zero-order valence-electron chi connectivity index (χ0n) is 13.6. The van der Waals surface area contributed by atoms with Crippen molar-refractivity contribution in [3.05, 3.63) is 94.1 Å². The second kappa shape index (κ2) is 4.02. The summed E-state index contributed by atoms with van der Waals surface area (Å²) >= 11 is 0. The summed E-state index contributed by atoms with van der Waals surface area (Å²) in [7, 11) is 0. The number of carbonyl (C=O) groups is 2. The molecule has 4 aliphatic carbocycles. The first-order chi connectivity index (χ1) is 11.5. The molecule has 0 spiro atoms. The van der Waals surface area contributed by atoms with Gasteiger partial charge in [-0.25, -0.2) is 0 Å². The maximum atomic E-state index is 12.8. The van der Waals surface area contributed by atoms with Gasteiger partial charge in [0.1, 0.15) is 0 Å². The minimum atomic E-state index is -0.572. The van der Waals surface area contributed by atoms with Crippen LogP contribution in [0.3, 0.4) is 0 Å². The second-order valence-corrected chi connectivity index (χ2v) is 7.15. The normalized spacial score (nSPS) is 29.4. The van der Waals surface area contributed by atoms with Gasteiger partial charge in [0.15, 0.2) is 11.6 Å². The first-order valence-corrected chi connectivity index (χ1v) is 8.22. The van der Waals surface area contributed by atoms with E-state index in [9.17, 15) is 9.59 Å². The van der Waals surface area contributed by atoms with Crippen LogP contribution in [-0.2, 0) is 20.4 Å². The fourth-order valence-corrected chi connectivity index (χ4v) is 5.10. The molecule has 2 aromatic rings. The molecule has 0 aromatic heterocycles. The van der Waals surface area contributed by atoms with Crippen LogP contribution in [0.15, 0.2) is 71.8 Å². The minimum Gasteiger partial charge on any atom is -0.290 e. The first-order valence-electron chi connectivity index (χ1n) is 8.22. The quantitative estimate of drug-likeness (QED) is 0.696. The van der Waals surface area contributed by atoms with Crippen LogP contribution < -0.4 is 0 Å². The highest BCUT2D eigenvalue weighted by molar-refractivity contribution is 6.24. The largest absolute Gasteiger partial charge is 0.290 e. The number of carbonyl (C=O) groups excluding carboxylic acids is 2. The maximum Gasteiger partial charge on any atom is 0.183 e. The molecule has 116 valence electrons. The van der Waals surface area contributed by atoms with Gasteiger partial charge in [-0.1, -0.05) is 48.5 Å². The fraction of sp³-hybridized carbons (Fsp3) is 0.182. The summed E-state index contributed by atoms with van der Waals surface area (Å²) in [6.07, 6.45) is 2.86. The maximum absolute atomic E-state index is 12.8. The summed E-state index contributed by atoms with van der Waals surface area (Å²) in [5.74, 6) is -0.0790. The van der Waals surface area contributed by atoms with Crippen LogP contribution >= 0.6 is 0 Å². The molecule has 2 heteroatoms. The predicted octanol–water partition coefficient (Wildman–Crippen LogP) is 3.63. The highest BCUT2D eigenvalue weighted by Gasteiger charge is 2.59. The molecule has 0 heterocycles. The monoisotopic (exact) mass is 312 g/mol. The van der Waals surface area contributed by atoms with Gasteiger partial charge in [-0.05, 0) is 48.3 Å². The highest BCUT2D eigenvalue weighted by Crippen LogP contribution is 2.62. The van der Waals surface area contributed by atoms with Gasteiger partial charge in [0.05, 0.1) is 0 Å². The van der Waals surface area contributed by atoms with Gasteiger partial charge >= 0.3 is 0 Å². The van der Waals surface area contributed by atoms with Crippen molar-refractivity contribution in [1.82, 2.24) is 0 Å². The Bertz CT molecular complexity index is 892. The number of allylic oxidation sites excluding steroid dienone is 4. The first kappa shape index (κ1) is 13.7. The lowest BCUT2D eigenvalue weighted by atomic mass is 9.46. The number of benzene rings is 2. The summed E-state index contributed by atoms with van der Waals surface area (Å²) in [4.78, 5) is 25.7. The highest BCUT2D eigenvalue weighted by atomic mass is 16.1. The van der Waals surface area contributed by atoms with Crippen molar-refractivity contribution in [3.63, 3.8) is 0 Å². The molecule has 0 amide bonds. The molecule has 24 heavy (non-hydrogen) atoms. The van der Waals surface area contributed by atoms with E-state index in [1.54, 1.807) is 0 Å². The van der Waals surface area contributed by atoms with Crippen molar-refractivity contribution >= 4 is 11.6 Å². The van der Waals surface area contributed by atoms with E-state index in [0.717, 1.165) is 22.3 Å². The molecular formula is C22H16O2. The molecular weight excluding hydrogens is 296 g/mol. The van der Waals surface area contributed by atoms with Crippen molar-refractivity contribution in [2.24, 2.45) is 0 Å². The molecule has 2 aromatic carbocycles. The van der Waals surface area contributed by atoms with Gasteiger partial charge < -0.3 is 0 Å². The van der Waals surface area contributed by atoms with Gasteiger partial charge in [0.2, 0.25) is 0 Å². The van der Waals surface area contributed by atoms with Crippen LogP contribution in [0.1, 0.15) is 36.1 Å². The van der Waals surface area contributed by atoms with Crippen LogP contribution in [0.25, 0.3) is 0 Å². The molecule has 0 atom stereocenters. The summed E-state index contributed by atoms with van der Waals surface area (Å²) in [5.41, 5.74) is 4.74. The van der Waals surface area contributed by atoms with Crippen molar-refractivity contribution in [3.8, 4) is 0 Å². The summed E-state index contributed by atoms with van der Waals surface area (Å²) < 4.78 is 0. The standard InChI is InChI=1S/C22H16O2/c1-21-13-7-3-5-9-15(13)22(2,16-10-6-4-8-14(16)21)20-18(24)12-11-17(23)19(20)21/h3-12H,1-2H3. The predicted molar refractivity (Wildman–Crippen MR) is 92.0 cm³/mol. The number of hydrogen-bond acceptors (Lipinski definition) is 2. The molecule has 0 aliphatic heterocycles. The van der Waals surface area contributed by atoms with Crippen LogP contribution in [0.5, 0.6) is 0 Å². The molecule has 6 rings (SSSR count). The van der Waals surface area contributed by atoms with E-state index in [1.165, 1.54) is 12.2 Å². The number of ketones is 2. The van der Waals surface area contributed by atoms with E-state index in [2.05, 4.69) is 38.1 Å². The Hall–Kier alpha value is -2.74. The topological polar surface area (TPSA) is 34.1 Å². The average Bonchev–Trinajstić information content (AvgIpc) is 2.61. The molecule has 0 unspecified atom stereocenters. The fourth-order valence-electron chi connectivity index (χ4n) is 5.10. The zero-order chi connectivity index (χ0) is 16.7. The van der Waals surface area contributed by atoms with Crippen LogP contribution in [-0.4, -0.2) is 11.6 Å². The van der Waals surface area contributed by atoms with Crippen molar-refractivity contribution in [2.75, 3.05) is 0 Å². The van der Waals surface area contributed by atoms with Crippen LogP contribution in [0.2, 0.25) is 0 Å². The Morgan fingerprint density at radius 1 is 0.583 bits per heavy atom. The van der Waals surface area contributed by atoms with Crippen molar-refractivity contribution < 1.29 is 9.59 Å². The Labute approximate surface area is 140 Å². The van der Waals surface area contributed by atoms with E-state index in [0.29, 0.717) is 11.1 Å². The van der Waals surface area contributed by atoms with E-state index in [1.807, 2.05) is 24.3 Å². The summed E-state index contributed by atoms with van der Waals surface area (Å²) in [5, 5.41) is 0. The molecule has 0 saturated heterocycles. The summed E-state index contributed by atoms with van der Waals surface area (Å²) in [6, 6.07) is 16.5. The lowest BCUT2D eigenvalue weighted by molar-refractivity contribution is -0.116. The SMILES string of the molecule is CC12C3=C(C(=O)C=CC3=O)C(C)(c3ccccc31)c1ccccc12.